The first-order valence-corrected chi connectivity index (χ1v) is 7.69. The fraction of sp³-hybridized carbons (Fsp3) is 0.857. The summed E-state index contributed by atoms with van der Waals surface area (Å²) in [6, 6.07) is 0. The zero-order valence-electron chi connectivity index (χ0n) is 12.8. The summed E-state index contributed by atoms with van der Waals surface area (Å²) in [7, 11) is 0. The van der Waals surface area contributed by atoms with E-state index in [1.165, 1.54) is 0 Å². The van der Waals surface area contributed by atoms with Crippen LogP contribution in [0.1, 0.15) is 19.8 Å². The molecule has 0 spiro atoms. The Morgan fingerprint density at radius 1 is 1.38 bits per heavy atom. The van der Waals surface area contributed by atoms with E-state index in [4.69, 9.17) is 0 Å². The van der Waals surface area contributed by atoms with Crippen LogP contribution in [0.5, 0.6) is 0 Å². The third kappa shape index (κ3) is 5.45. The number of nitrogens with one attached hydrogen (secondary N) is 2. The van der Waals surface area contributed by atoms with Gasteiger partial charge in [-0.15, -0.1) is 12.4 Å². The molecule has 0 aromatic carbocycles. The minimum atomic E-state index is -0.151. The van der Waals surface area contributed by atoms with Crippen LogP contribution < -0.4 is 10.6 Å². The Labute approximate surface area is 133 Å². The number of halogens is 1. The van der Waals surface area contributed by atoms with E-state index in [1.54, 1.807) is 4.90 Å². The molecule has 2 amide bonds. The fourth-order valence-corrected chi connectivity index (χ4v) is 2.85. The van der Waals surface area contributed by atoms with Crippen LogP contribution in [-0.4, -0.2) is 74.0 Å². The SMILES string of the molecule is CCN1CC(C(=O)NCCCN2CCNCC2)CC1=O.Cl. The van der Waals surface area contributed by atoms with Crippen molar-refractivity contribution >= 4 is 24.2 Å². The molecule has 0 aromatic rings. The van der Waals surface area contributed by atoms with Crippen molar-refractivity contribution in [1.29, 1.82) is 0 Å². The van der Waals surface area contributed by atoms with Crippen molar-refractivity contribution in [2.45, 2.75) is 19.8 Å². The quantitative estimate of drug-likeness (QED) is 0.659. The van der Waals surface area contributed by atoms with Crippen molar-refractivity contribution in [2.24, 2.45) is 5.92 Å². The second-order valence-corrected chi connectivity index (χ2v) is 5.57. The number of rotatable bonds is 6. The Balaban J connectivity index is 0.00000220. The van der Waals surface area contributed by atoms with Gasteiger partial charge in [0.05, 0.1) is 5.92 Å². The van der Waals surface area contributed by atoms with E-state index in [0.717, 1.165) is 39.1 Å². The van der Waals surface area contributed by atoms with Gasteiger partial charge in [0, 0.05) is 52.2 Å². The number of piperazine rings is 1. The summed E-state index contributed by atoms with van der Waals surface area (Å²) >= 11 is 0. The number of amides is 2. The van der Waals surface area contributed by atoms with Gasteiger partial charge in [-0.2, -0.15) is 0 Å². The molecule has 21 heavy (non-hydrogen) atoms. The molecule has 2 aliphatic heterocycles. The Morgan fingerprint density at radius 2 is 2.10 bits per heavy atom. The van der Waals surface area contributed by atoms with Crippen molar-refractivity contribution in [2.75, 3.05) is 52.4 Å². The highest BCUT2D eigenvalue weighted by molar-refractivity contribution is 5.89. The smallest absolute Gasteiger partial charge is 0.225 e. The minimum absolute atomic E-state index is 0. The predicted octanol–water partition coefficient (Wildman–Crippen LogP) is -0.312. The van der Waals surface area contributed by atoms with Crippen LogP contribution in [0, 0.1) is 5.92 Å². The molecule has 2 fully saturated rings. The van der Waals surface area contributed by atoms with Gasteiger partial charge in [0.25, 0.3) is 0 Å². The normalized spacial score (nSPS) is 23.0. The van der Waals surface area contributed by atoms with Crippen molar-refractivity contribution in [3.63, 3.8) is 0 Å². The van der Waals surface area contributed by atoms with Crippen LogP contribution in [-0.2, 0) is 9.59 Å². The fourth-order valence-electron chi connectivity index (χ4n) is 2.85. The lowest BCUT2D eigenvalue weighted by molar-refractivity contribution is -0.128. The maximum Gasteiger partial charge on any atom is 0.225 e. The number of carbonyl (C=O) groups is 2. The summed E-state index contributed by atoms with van der Waals surface area (Å²) in [5, 5.41) is 6.30. The molecule has 2 rings (SSSR count). The zero-order valence-corrected chi connectivity index (χ0v) is 13.6. The second-order valence-electron chi connectivity index (χ2n) is 5.57. The topological polar surface area (TPSA) is 64.7 Å². The predicted molar refractivity (Wildman–Crippen MR) is 84.5 cm³/mol. The van der Waals surface area contributed by atoms with Gasteiger partial charge >= 0.3 is 0 Å². The minimum Gasteiger partial charge on any atom is -0.356 e. The largest absolute Gasteiger partial charge is 0.356 e. The molecule has 0 saturated carbocycles. The van der Waals surface area contributed by atoms with Gasteiger partial charge in [-0.3, -0.25) is 9.59 Å². The molecule has 6 nitrogen and oxygen atoms in total. The average Bonchev–Trinajstić information content (AvgIpc) is 2.86. The number of nitrogens with zero attached hydrogens (tertiary/aromatic N) is 2. The first-order valence-electron chi connectivity index (χ1n) is 7.69. The summed E-state index contributed by atoms with van der Waals surface area (Å²) in [4.78, 5) is 27.8. The van der Waals surface area contributed by atoms with Crippen molar-refractivity contribution in [1.82, 2.24) is 20.4 Å². The van der Waals surface area contributed by atoms with Gasteiger partial charge in [0.2, 0.25) is 11.8 Å². The van der Waals surface area contributed by atoms with E-state index >= 15 is 0 Å². The lowest BCUT2D eigenvalue weighted by Crippen LogP contribution is -2.44. The van der Waals surface area contributed by atoms with Crippen LogP contribution in [0.2, 0.25) is 0 Å². The standard InChI is InChI=1S/C14H26N4O2.ClH/c1-2-18-11-12(10-13(18)19)14(20)16-4-3-7-17-8-5-15-6-9-17;/h12,15H,2-11H2,1H3,(H,16,20);1H. The van der Waals surface area contributed by atoms with Crippen molar-refractivity contribution in [3.8, 4) is 0 Å². The van der Waals surface area contributed by atoms with Gasteiger partial charge in [-0.05, 0) is 19.9 Å². The summed E-state index contributed by atoms with van der Waals surface area (Å²) in [5.74, 6) is -0.00952. The molecule has 2 saturated heterocycles. The van der Waals surface area contributed by atoms with E-state index in [2.05, 4.69) is 15.5 Å². The third-order valence-electron chi connectivity index (χ3n) is 4.13. The second kappa shape index (κ2) is 9.23. The lowest BCUT2D eigenvalue weighted by atomic mass is 10.1. The highest BCUT2D eigenvalue weighted by atomic mass is 35.5. The molecule has 0 aliphatic carbocycles. The molecule has 2 aliphatic rings. The molecule has 0 radical (unpaired) electrons. The zero-order chi connectivity index (χ0) is 14.4. The molecule has 1 atom stereocenters. The van der Waals surface area contributed by atoms with Gasteiger partial charge < -0.3 is 20.4 Å². The van der Waals surface area contributed by atoms with Crippen LogP contribution in [0.25, 0.3) is 0 Å². The molecule has 0 aromatic heterocycles. The summed E-state index contributed by atoms with van der Waals surface area (Å²) in [6.45, 7) is 9.28. The van der Waals surface area contributed by atoms with Crippen molar-refractivity contribution in [3.05, 3.63) is 0 Å². The third-order valence-corrected chi connectivity index (χ3v) is 4.13. The molecule has 122 valence electrons. The molecule has 2 N–H and O–H groups in total. The van der Waals surface area contributed by atoms with Crippen molar-refractivity contribution < 1.29 is 9.59 Å². The lowest BCUT2D eigenvalue weighted by Gasteiger charge is -2.27. The van der Waals surface area contributed by atoms with E-state index in [0.29, 0.717) is 26.1 Å². The van der Waals surface area contributed by atoms with E-state index < -0.39 is 0 Å². The molecule has 0 bridgehead atoms. The maximum atomic E-state index is 12.0. The first-order chi connectivity index (χ1) is 9.70. The van der Waals surface area contributed by atoms with E-state index in [9.17, 15) is 9.59 Å². The highest BCUT2D eigenvalue weighted by Gasteiger charge is 2.32. The summed E-state index contributed by atoms with van der Waals surface area (Å²) < 4.78 is 0. The van der Waals surface area contributed by atoms with Crippen LogP contribution >= 0.6 is 12.4 Å². The first kappa shape index (κ1) is 18.2. The number of hydrogen-bond acceptors (Lipinski definition) is 4. The van der Waals surface area contributed by atoms with Gasteiger partial charge in [-0.1, -0.05) is 0 Å². The number of hydrogen-bond donors (Lipinski definition) is 2. The Kier molecular flexibility index (Phi) is 8.00. The van der Waals surface area contributed by atoms with Gasteiger partial charge in [-0.25, -0.2) is 0 Å². The van der Waals surface area contributed by atoms with Crippen LogP contribution in [0.15, 0.2) is 0 Å². The van der Waals surface area contributed by atoms with Gasteiger partial charge in [0.15, 0.2) is 0 Å². The number of likely N-dealkylation sites (tertiary alicyclic amines) is 1. The van der Waals surface area contributed by atoms with Crippen LogP contribution in [0.3, 0.4) is 0 Å². The highest BCUT2D eigenvalue weighted by Crippen LogP contribution is 2.17. The molecule has 2 heterocycles. The number of carbonyl (C=O) groups excluding carboxylic acids is 2. The van der Waals surface area contributed by atoms with Crippen LogP contribution in [0.4, 0.5) is 0 Å². The maximum absolute atomic E-state index is 12.0. The van der Waals surface area contributed by atoms with E-state index in [-0.39, 0.29) is 30.1 Å². The Morgan fingerprint density at radius 3 is 2.71 bits per heavy atom. The Hall–Kier alpha value is -0.850. The molecule has 7 heteroatoms. The molecular weight excluding hydrogens is 292 g/mol. The monoisotopic (exact) mass is 318 g/mol. The molecular formula is C14H27ClN4O2. The van der Waals surface area contributed by atoms with E-state index in [1.807, 2.05) is 6.92 Å². The average molecular weight is 319 g/mol. The summed E-state index contributed by atoms with van der Waals surface area (Å²) in [5.41, 5.74) is 0. The molecule has 1 unspecified atom stereocenters. The van der Waals surface area contributed by atoms with Gasteiger partial charge in [0.1, 0.15) is 0 Å². The Bertz CT molecular complexity index is 348. The summed E-state index contributed by atoms with van der Waals surface area (Å²) in [6.07, 6.45) is 1.35.